The van der Waals surface area contributed by atoms with Gasteiger partial charge in [0.1, 0.15) is 5.82 Å². The molecule has 4 nitrogen and oxygen atoms in total. The minimum atomic E-state index is -3.45. The Kier molecular flexibility index (Phi) is 3.65. The van der Waals surface area contributed by atoms with Crippen LogP contribution in [0.1, 0.15) is 37.7 Å². The van der Waals surface area contributed by atoms with Crippen LogP contribution in [-0.2, 0) is 20.2 Å². The molecule has 2 heterocycles. The molecule has 0 aromatic heterocycles. The molecule has 0 radical (unpaired) electrons. The molecule has 6 heteroatoms. The van der Waals surface area contributed by atoms with E-state index in [4.69, 9.17) is 4.74 Å². The second kappa shape index (κ2) is 5.45. The lowest BCUT2D eigenvalue weighted by Gasteiger charge is -2.26. The number of rotatable bonds is 3. The normalized spacial score (nSPS) is 26.1. The first kappa shape index (κ1) is 15.4. The van der Waals surface area contributed by atoms with Crippen molar-refractivity contribution in [2.24, 2.45) is 5.92 Å². The van der Waals surface area contributed by atoms with Crippen LogP contribution in [0.5, 0.6) is 0 Å². The summed E-state index contributed by atoms with van der Waals surface area (Å²) < 4.78 is 47.2. The molecule has 1 unspecified atom stereocenters. The zero-order valence-electron chi connectivity index (χ0n) is 13.1. The fourth-order valence-electron chi connectivity index (χ4n) is 4.50. The average Bonchev–Trinajstić information content (AvgIpc) is 3.22. The largest absolute Gasteiger partial charge is 0.381 e. The first-order valence-electron chi connectivity index (χ1n) is 8.39. The second-order valence-corrected chi connectivity index (χ2v) is 9.07. The van der Waals surface area contributed by atoms with Gasteiger partial charge in [-0.2, -0.15) is 0 Å². The number of hydrogen-bond donors (Lipinski definition) is 0. The van der Waals surface area contributed by atoms with Crippen molar-refractivity contribution in [2.45, 2.75) is 37.5 Å². The lowest BCUT2D eigenvalue weighted by Crippen LogP contribution is -2.38. The topological polar surface area (TPSA) is 46.6 Å². The van der Waals surface area contributed by atoms with Gasteiger partial charge < -0.3 is 4.74 Å². The van der Waals surface area contributed by atoms with E-state index < -0.39 is 10.0 Å². The van der Waals surface area contributed by atoms with E-state index in [0.717, 1.165) is 32.1 Å². The Balaban J connectivity index is 1.72. The van der Waals surface area contributed by atoms with Crippen LogP contribution in [-0.4, -0.2) is 33.9 Å². The molecule has 126 valence electrons. The standard InChI is InChI=1S/C17H22FNO3S/c18-14-4-3-5-15-16(14)17(7-1-2-8-17)12-19(15)23(20,21)11-13-6-9-22-10-13/h3-5,13H,1-2,6-12H2. The summed E-state index contributed by atoms with van der Waals surface area (Å²) in [5, 5.41) is 0. The quantitative estimate of drug-likeness (QED) is 0.851. The Morgan fingerprint density at radius 3 is 2.78 bits per heavy atom. The average molecular weight is 339 g/mol. The smallest absolute Gasteiger partial charge is 0.235 e. The summed E-state index contributed by atoms with van der Waals surface area (Å²) in [6.07, 6.45) is 4.61. The Bertz CT molecular complexity index is 707. The van der Waals surface area contributed by atoms with Gasteiger partial charge in [0, 0.05) is 30.0 Å². The first-order valence-corrected chi connectivity index (χ1v) is 10.00. The molecular formula is C17H22FNO3S. The van der Waals surface area contributed by atoms with E-state index in [1.807, 2.05) is 0 Å². The van der Waals surface area contributed by atoms with Crippen molar-refractivity contribution in [3.8, 4) is 0 Å². The van der Waals surface area contributed by atoms with E-state index >= 15 is 0 Å². The maximum absolute atomic E-state index is 14.5. The van der Waals surface area contributed by atoms with Crippen LogP contribution in [0, 0.1) is 11.7 Å². The van der Waals surface area contributed by atoms with Gasteiger partial charge in [0.2, 0.25) is 10.0 Å². The van der Waals surface area contributed by atoms with Crippen LogP contribution >= 0.6 is 0 Å². The molecular weight excluding hydrogens is 317 g/mol. The zero-order chi connectivity index (χ0) is 16.1. The lowest BCUT2D eigenvalue weighted by molar-refractivity contribution is 0.188. The van der Waals surface area contributed by atoms with Gasteiger partial charge in [-0.3, -0.25) is 4.31 Å². The molecule has 1 saturated carbocycles. The highest BCUT2D eigenvalue weighted by Gasteiger charge is 2.49. The summed E-state index contributed by atoms with van der Waals surface area (Å²) >= 11 is 0. The number of benzene rings is 1. The predicted octanol–water partition coefficient (Wildman–Crippen LogP) is 2.82. The van der Waals surface area contributed by atoms with Crippen molar-refractivity contribution < 1.29 is 17.5 Å². The summed E-state index contributed by atoms with van der Waals surface area (Å²) in [6, 6.07) is 4.83. The molecule has 4 rings (SSSR count). The van der Waals surface area contributed by atoms with Crippen LogP contribution < -0.4 is 4.31 Å². The Hall–Kier alpha value is -1.14. The molecule has 23 heavy (non-hydrogen) atoms. The van der Waals surface area contributed by atoms with Gasteiger partial charge in [-0.05, 0) is 31.4 Å². The number of nitrogens with zero attached hydrogens (tertiary/aromatic N) is 1. The fourth-order valence-corrected chi connectivity index (χ4v) is 6.43. The maximum atomic E-state index is 14.5. The zero-order valence-corrected chi connectivity index (χ0v) is 13.9. The van der Waals surface area contributed by atoms with Gasteiger partial charge in [0.15, 0.2) is 0 Å². The summed E-state index contributed by atoms with van der Waals surface area (Å²) in [6.45, 7) is 1.54. The number of ether oxygens (including phenoxy) is 1. The Morgan fingerprint density at radius 1 is 1.30 bits per heavy atom. The summed E-state index contributed by atoms with van der Waals surface area (Å²) in [4.78, 5) is 0. The van der Waals surface area contributed by atoms with E-state index in [1.165, 1.54) is 10.4 Å². The van der Waals surface area contributed by atoms with E-state index in [2.05, 4.69) is 0 Å². The van der Waals surface area contributed by atoms with Crippen LogP contribution in [0.3, 0.4) is 0 Å². The summed E-state index contributed by atoms with van der Waals surface area (Å²) in [5.74, 6) is -0.109. The van der Waals surface area contributed by atoms with Gasteiger partial charge >= 0.3 is 0 Å². The molecule has 1 atom stereocenters. The van der Waals surface area contributed by atoms with E-state index in [0.29, 0.717) is 31.0 Å². The van der Waals surface area contributed by atoms with Crippen LogP contribution in [0.25, 0.3) is 0 Å². The number of fused-ring (bicyclic) bond motifs is 2. The maximum Gasteiger partial charge on any atom is 0.235 e. The molecule has 1 spiro atoms. The lowest BCUT2D eigenvalue weighted by atomic mass is 9.80. The van der Waals surface area contributed by atoms with Crippen molar-refractivity contribution in [1.29, 1.82) is 0 Å². The predicted molar refractivity (Wildman–Crippen MR) is 86.6 cm³/mol. The molecule has 2 fully saturated rings. The third-order valence-electron chi connectivity index (χ3n) is 5.60. The van der Waals surface area contributed by atoms with E-state index in [1.54, 1.807) is 12.1 Å². The Labute approximate surface area is 136 Å². The molecule has 2 aliphatic heterocycles. The summed E-state index contributed by atoms with van der Waals surface area (Å²) in [7, 11) is -3.45. The van der Waals surface area contributed by atoms with Gasteiger partial charge in [0.05, 0.1) is 18.0 Å². The Morgan fingerprint density at radius 2 is 2.09 bits per heavy atom. The van der Waals surface area contributed by atoms with Crippen LogP contribution in [0.4, 0.5) is 10.1 Å². The first-order chi connectivity index (χ1) is 11.0. The van der Waals surface area contributed by atoms with Crippen molar-refractivity contribution in [2.75, 3.05) is 29.8 Å². The third-order valence-corrected chi connectivity index (χ3v) is 7.49. The van der Waals surface area contributed by atoms with Gasteiger partial charge in [-0.1, -0.05) is 18.9 Å². The minimum Gasteiger partial charge on any atom is -0.381 e. The number of halogens is 1. The third kappa shape index (κ3) is 2.47. The van der Waals surface area contributed by atoms with Crippen LogP contribution in [0.2, 0.25) is 0 Å². The molecule has 1 saturated heterocycles. The molecule has 1 aliphatic carbocycles. The highest BCUT2D eigenvalue weighted by atomic mass is 32.2. The van der Waals surface area contributed by atoms with Crippen molar-refractivity contribution in [3.63, 3.8) is 0 Å². The SMILES string of the molecule is O=S(=O)(CC1CCOC1)N1CC2(CCCC2)c2c(F)cccc21. The minimum absolute atomic E-state index is 0.0529. The molecule has 0 amide bonds. The molecule has 3 aliphatic rings. The summed E-state index contributed by atoms with van der Waals surface area (Å²) in [5.41, 5.74) is 0.870. The molecule has 1 aromatic rings. The molecule has 0 bridgehead atoms. The number of sulfonamides is 1. The second-order valence-electron chi connectivity index (χ2n) is 7.14. The van der Waals surface area contributed by atoms with Crippen molar-refractivity contribution in [1.82, 2.24) is 0 Å². The highest BCUT2D eigenvalue weighted by Crippen LogP contribution is 2.52. The van der Waals surface area contributed by atoms with Crippen molar-refractivity contribution >= 4 is 15.7 Å². The fraction of sp³-hybridized carbons (Fsp3) is 0.647. The number of anilines is 1. The highest BCUT2D eigenvalue weighted by molar-refractivity contribution is 7.92. The van der Waals surface area contributed by atoms with Crippen LogP contribution in [0.15, 0.2) is 18.2 Å². The van der Waals surface area contributed by atoms with Gasteiger partial charge in [-0.25, -0.2) is 12.8 Å². The number of hydrogen-bond acceptors (Lipinski definition) is 3. The molecule has 1 aromatic carbocycles. The van der Waals surface area contributed by atoms with E-state index in [9.17, 15) is 12.8 Å². The van der Waals surface area contributed by atoms with E-state index in [-0.39, 0.29) is 22.9 Å². The van der Waals surface area contributed by atoms with Gasteiger partial charge in [0.25, 0.3) is 0 Å². The van der Waals surface area contributed by atoms with Gasteiger partial charge in [-0.15, -0.1) is 0 Å². The van der Waals surface area contributed by atoms with Crippen molar-refractivity contribution in [3.05, 3.63) is 29.6 Å². The molecule has 0 N–H and O–H groups in total. The monoisotopic (exact) mass is 339 g/mol.